The van der Waals surface area contributed by atoms with E-state index in [0.29, 0.717) is 19.3 Å². The topological polar surface area (TPSA) is 74.8 Å². The first-order chi connectivity index (χ1) is 14.0. The molecular formula is C24H25N3O2. The van der Waals surface area contributed by atoms with Crippen LogP contribution >= 0.6 is 0 Å². The third-order valence-corrected chi connectivity index (χ3v) is 5.41. The number of H-pyrrole nitrogens is 1. The van der Waals surface area contributed by atoms with Crippen LogP contribution in [0.1, 0.15) is 47.4 Å². The molecule has 0 aliphatic heterocycles. The summed E-state index contributed by atoms with van der Waals surface area (Å²) >= 11 is 0. The molecule has 5 heteroatoms. The Morgan fingerprint density at radius 1 is 1.14 bits per heavy atom. The molecule has 0 radical (unpaired) electrons. The van der Waals surface area contributed by atoms with Crippen LogP contribution in [-0.2, 0) is 17.6 Å². The van der Waals surface area contributed by atoms with Gasteiger partial charge in [-0.05, 0) is 23.3 Å². The Kier molecular flexibility index (Phi) is 5.30. The zero-order chi connectivity index (χ0) is 20.4. The van der Waals surface area contributed by atoms with Gasteiger partial charge in [-0.3, -0.25) is 14.6 Å². The summed E-state index contributed by atoms with van der Waals surface area (Å²) in [5.74, 6) is -0.0318. The van der Waals surface area contributed by atoms with Gasteiger partial charge in [0.25, 0.3) is 0 Å². The summed E-state index contributed by atoms with van der Waals surface area (Å²) in [6, 6.07) is 13.9. The minimum Gasteiger partial charge on any atom is -0.357 e. The van der Waals surface area contributed by atoms with E-state index in [1.54, 1.807) is 12.4 Å². The molecule has 0 saturated carbocycles. The zero-order valence-electron chi connectivity index (χ0n) is 16.7. The van der Waals surface area contributed by atoms with Crippen molar-refractivity contribution in [2.75, 3.05) is 0 Å². The average molecular weight is 387 g/mol. The molecule has 5 nitrogen and oxygen atoms in total. The molecule has 1 aliphatic rings. The Bertz CT molecular complexity index is 1020. The van der Waals surface area contributed by atoms with Gasteiger partial charge in [0.1, 0.15) is 0 Å². The van der Waals surface area contributed by atoms with E-state index in [0.717, 1.165) is 33.6 Å². The van der Waals surface area contributed by atoms with Crippen LogP contribution in [0.2, 0.25) is 0 Å². The van der Waals surface area contributed by atoms with Crippen molar-refractivity contribution in [3.63, 3.8) is 0 Å². The van der Waals surface area contributed by atoms with E-state index in [9.17, 15) is 9.59 Å². The van der Waals surface area contributed by atoms with Gasteiger partial charge in [-0.2, -0.15) is 0 Å². The lowest BCUT2D eigenvalue weighted by molar-refractivity contribution is -0.124. The standard InChI is InChI=1S/C24H25N3O2/c1-15(2)24(29)26-18-13-20-22(21(28)14-18)19(12-16-6-4-3-5-7-16)23(27-20)17-8-10-25-11-9-17/h3-11,15,18,27H,12-14H2,1-2H3,(H,26,29). The highest BCUT2D eigenvalue weighted by molar-refractivity contribution is 6.02. The van der Waals surface area contributed by atoms with Gasteiger partial charge < -0.3 is 10.3 Å². The van der Waals surface area contributed by atoms with E-state index < -0.39 is 0 Å². The molecule has 1 aliphatic carbocycles. The third-order valence-electron chi connectivity index (χ3n) is 5.41. The molecule has 0 bridgehead atoms. The number of nitrogens with one attached hydrogen (secondary N) is 2. The van der Waals surface area contributed by atoms with Crippen molar-refractivity contribution < 1.29 is 9.59 Å². The highest BCUT2D eigenvalue weighted by atomic mass is 16.2. The summed E-state index contributed by atoms with van der Waals surface area (Å²) < 4.78 is 0. The largest absolute Gasteiger partial charge is 0.357 e. The Balaban J connectivity index is 1.74. The number of rotatable bonds is 5. The number of aromatic nitrogens is 2. The van der Waals surface area contributed by atoms with Gasteiger partial charge in [-0.25, -0.2) is 0 Å². The lowest BCUT2D eigenvalue weighted by atomic mass is 9.87. The predicted octanol–water partition coefficient (Wildman–Crippen LogP) is 3.94. The van der Waals surface area contributed by atoms with Crippen molar-refractivity contribution in [2.24, 2.45) is 5.92 Å². The molecule has 3 aromatic rings. The van der Waals surface area contributed by atoms with Gasteiger partial charge in [-0.15, -0.1) is 0 Å². The molecule has 148 valence electrons. The fraction of sp³-hybridized carbons (Fsp3) is 0.292. The van der Waals surface area contributed by atoms with Crippen molar-refractivity contribution in [1.29, 1.82) is 0 Å². The molecule has 1 atom stereocenters. The van der Waals surface area contributed by atoms with E-state index in [4.69, 9.17) is 0 Å². The van der Waals surface area contributed by atoms with Crippen LogP contribution in [0.15, 0.2) is 54.9 Å². The molecule has 2 aromatic heterocycles. The molecule has 1 aromatic carbocycles. The Labute approximate surface area is 170 Å². The molecule has 29 heavy (non-hydrogen) atoms. The number of pyridine rings is 1. The van der Waals surface area contributed by atoms with Crippen LogP contribution in [0.5, 0.6) is 0 Å². The molecule has 0 fully saturated rings. The number of fused-ring (bicyclic) bond motifs is 1. The number of amides is 1. The van der Waals surface area contributed by atoms with E-state index in [2.05, 4.69) is 27.4 Å². The van der Waals surface area contributed by atoms with Gasteiger partial charge in [-0.1, -0.05) is 44.2 Å². The number of ketones is 1. The molecule has 0 saturated heterocycles. The number of carbonyl (C=O) groups is 2. The van der Waals surface area contributed by atoms with Gasteiger partial charge in [0.05, 0.1) is 5.69 Å². The average Bonchev–Trinajstić information content (AvgIpc) is 3.08. The fourth-order valence-electron chi connectivity index (χ4n) is 3.94. The number of hydrogen-bond donors (Lipinski definition) is 2. The maximum atomic E-state index is 13.1. The summed E-state index contributed by atoms with van der Waals surface area (Å²) in [6.45, 7) is 3.72. The van der Waals surface area contributed by atoms with Crippen molar-refractivity contribution in [2.45, 2.75) is 39.2 Å². The highest BCUT2D eigenvalue weighted by Crippen LogP contribution is 2.34. The number of Topliss-reactive ketones (excluding diaryl/α,β-unsaturated/α-hetero) is 1. The second kappa shape index (κ2) is 8.03. The number of nitrogens with zero attached hydrogens (tertiary/aromatic N) is 1. The molecule has 2 heterocycles. The first kappa shape index (κ1) is 19.1. The van der Waals surface area contributed by atoms with Crippen LogP contribution in [0.25, 0.3) is 11.3 Å². The summed E-state index contributed by atoms with van der Waals surface area (Å²) in [5.41, 5.74) is 5.86. The first-order valence-corrected chi connectivity index (χ1v) is 10.0. The number of carbonyl (C=O) groups excluding carboxylic acids is 2. The summed E-state index contributed by atoms with van der Waals surface area (Å²) in [4.78, 5) is 32.9. The normalized spacial score (nSPS) is 16.0. The minimum atomic E-state index is -0.168. The van der Waals surface area contributed by atoms with Gasteiger partial charge >= 0.3 is 0 Å². The molecule has 1 unspecified atom stereocenters. The maximum Gasteiger partial charge on any atom is 0.222 e. The molecule has 1 amide bonds. The Hall–Kier alpha value is -3.21. The number of hydrogen-bond acceptors (Lipinski definition) is 3. The SMILES string of the molecule is CC(C)C(=O)NC1CC(=O)c2c([nH]c(-c3ccncc3)c2Cc2ccccc2)C1. The van der Waals surface area contributed by atoms with Crippen LogP contribution in [0.4, 0.5) is 0 Å². The first-order valence-electron chi connectivity index (χ1n) is 10.0. The Morgan fingerprint density at radius 2 is 1.86 bits per heavy atom. The summed E-state index contributed by atoms with van der Waals surface area (Å²) in [5, 5.41) is 3.02. The van der Waals surface area contributed by atoms with Crippen molar-refractivity contribution in [3.8, 4) is 11.3 Å². The van der Waals surface area contributed by atoms with E-state index >= 15 is 0 Å². The minimum absolute atomic E-state index is 0.0170. The smallest absolute Gasteiger partial charge is 0.222 e. The summed E-state index contributed by atoms with van der Waals surface area (Å²) in [6.07, 6.45) is 5.16. The van der Waals surface area contributed by atoms with E-state index in [-0.39, 0.29) is 23.7 Å². The zero-order valence-corrected chi connectivity index (χ0v) is 16.7. The fourth-order valence-corrected chi connectivity index (χ4v) is 3.94. The predicted molar refractivity (Wildman–Crippen MR) is 113 cm³/mol. The quantitative estimate of drug-likeness (QED) is 0.696. The Morgan fingerprint density at radius 3 is 2.55 bits per heavy atom. The van der Waals surface area contributed by atoms with Crippen LogP contribution in [0, 0.1) is 5.92 Å². The molecule has 2 N–H and O–H groups in total. The van der Waals surface area contributed by atoms with Crippen LogP contribution in [0.3, 0.4) is 0 Å². The number of benzene rings is 1. The van der Waals surface area contributed by atoms with Gasteiger partial charge in [0.2, 0.25) is 5.91 Å². The molecule has 4 rings (SSSR count). The second-order valence-corrected chi connectivity index (χ2v) is 7.92. The van der Waals surface area contributed by atoms with E-state index in [1.165, 1.54) is 0 Å². The molecular weight excluding hydrogens is 362 g/mol. The maximum absolute atomic E-state index is 13.1. The summed E-state index contributed by atoms with van der Waals surface area (Å²) in [7, 11) is 0. The van der Waals surface area contributed by atoms with Crippen molar-refractivity contribution >= 4 is 11.7 Å². The monoisotopic (exact) mass is 387 g/mol. The van der Waals surface area contributed by atoms with Gasteiger partial charge in [0, 0.05) is 60.4 Å². The van der Waals surface area contributed by atoms with Gasteiger partial charge in [0.15, 0.2) is 5.78 Å². The highest BCUT2D eigenvalue weighted by Gasteiger charge is 2.32. The van der Waals surface area contributed by atoms with Crippen molar-refractivity contribution in [3.05, 3.63) is 77.2 Å². The third kappa shape index (κ3) is 3.99. The molecule has 0 spiro atoms. The lowest BCUT2D eigenvalue weighted by Gasteiger charge is -2.24. The lowest BCUT2D eigenvalue weighted by Crippen LogP contribution is -2.42. The van der Waals surface area contributed by atoms with Crippen molar-refractivity contribution in [1.82, 2.24) is 15.3 Å². The second-order valence-electron chi connectivity index (χ2n) is 7.92. The van der Waals surface area contributed by atoms with E-state index in [1.807, 2.05) is 44.2 Å². The van der Waals surface area contributed by atoms with Crippen LogP contribution < -0.4 is 5.32 Å². The number of aromatic amines is 1. The van der Waals surface area contributed by atoms with Crippen LogP contribution in [-0.4, -0.2) is 27.7 Å².